The molecular formula is C12H18N4S2. The number of hydrogen-bond acceptors (Lipinski definition) is 4. The molecule has 0 aromatic carbocycles. The van der Waals surface area contributed by atoms with Crippen molar-refractivity contribution in [2.45, 2.75) is 39.5 Å². The molecule has 0 fully saturated rings. The van der Waals surface area contributed by atoms with Gasteiger partial charge in [-0.2, -0.15) is 5.10 Å². The Balaban J connectivity index is 2.55. The zero-order valence-corrected chi connectivity index (χ0v) is 12.8. The van der Waals surface area contributed by atoms with Gasteiger partial charge in [0.15, 0.2) is 10.6 Å². The molecule has 1 N–H and O–H groups in total. The number of aromatic nitrogens is 4. The summed E-state index contributed by atoms with van der Waals surface area (Å²) in [6.45, 7) is 6.50. The number of nitrogens with zero attached hydrogens (tertiary/aromatic N) is 3. The van der Waals surface area contributed by atoms with Crippen LogP contribution in [0, 0.1) is 4.77 Å². The van der Waals surface area contributed by atoms with Crippen LogP contribution in [0.2, 0.25) is 0 Å². The Bertz CT molecular complexity index is 591. The quantitative estimate of drug-likeness (QED) is 0.870. The van der Waals surface area contributed by atoms with Crippen molar-refractivity contribution < 1.29 is 0 Å². The molecule has 0 atom stereocenters. The van der Waals surface area contributed by atoms with Crippen molar-refractivity contribution in [2.24, 2.45) is 7.05 Å². The third-order valence-electron chi connectivity index (χ3n) is 2.79. The van der Waals surface area contributed by atoms with Gasteiger partial charge in [-0.1, -0.05) is 20.8 Å². The molecule has 0 bridgehead atoms. The minimum atomic E-state index is 0.395. The lowest BCUT2D eigenvalue weighted by molar-refractivity contribution is 0.809. The first-order chi connectivity index (χ1) is 8.54. The summed E-state index contributed by atoms with van der Waals surface area (Å²) in [5.74, 6) is 1.29. The largest absolute Gasteiger partial charge is 0.303 e. The van der Waals surface area contributed by atoms with Crippen molar-refractivity contribution >= 4 is 23.6 Å². The van der Waals surface area contributed by atoms with E-state index in [1.165, 1.54) is 5.01 Å². The first-order valence-corrected chi connectivity index (χ1v) is 7.38. The average Bonchev–Trinajstić information content (AvgIpc) is 2.85. The summed E-state index contributed by atoms with van der Waals surface area (Å²) in [7, 11) is 1.94. The molecule has 2 rings (SSSR count). The maximum absolute atomic E-state index is 5.17. The summed E-state index contributed by atoms with van der Waals surface area (Å²) in [4.78, 5) is 5.89. The van der Waals surface area contributed by atoms with Crippen LogP contribution in [-0.4, -0.2) is 19.7 Å². The zero-order valence-electron chi connectivity index (χ0n) is 11.1. The van der Waals surface area contributed by atoms with E-state index in [0.717, 1.165) is 29.2 Å². The molecule has 0 aliphatic heterocycles. The van der Waals surface area contributed by atoms with Crippen LogP contribution in [0.3, 0.4) is 0 Å². The van der Waals surface area contributed by atoms with Crippen molar-refractivity contribution in [3.05, 3.63) is 15.5 Å². The Morgan fingerprint density at radius 3 is 2.67 bits per heavy atom. The summed E-state index contributed by atoms with van der Waals surface area (Å²) in [5.41, 5.74) is 1.13. The van der Waals surface area contributed by atoms with E-state index in [2.05, 4.69) is 31.0 Å². The molecule has 18 heavy (non-hydrogen) atoms. The van der Waals surface area contributed by atoms with E-state index in [-0.39, 0.29) is 0 Å². The van der Waals surface area contributed by atoms with E-state index in [1.807, 2.05) is 11.6 Å². The highest BCUT2D eigenvalue weighted by atomic mass is 32.1. The van der Waals surface area contributed by atoms with Gasteiger partial charge in [0.1, 0.15) is 0 Å². The minimum Gasteiger partial charge on any atom is -0.303 e. The van der Waals surface area contributed by atoms with Gasteiger partial charge in [-0.05, 0) is 31.0 Å². The number of thiazole rings is 1. The van der Waals surface area contributed by atoms with Gasteiger partial charge in [-0.3, -0.25) is 5.10 Å². The molecule has 0 amide bonds. The van der Waals surface area contributed by atoms with E-state index in [1.54, 1.807) is 11.3 Å². The first-order valence-electron chi connectivity index (χ1n) is 6.16. The lowest BCUT2D eigenvalue weighted by Crippen LogP contribution is -1.96. The Morgan fingerprint density at radius 1 is 1.44 bits per heavy atom. The highest BCUT2D eigenvalue weighted by Crippen LogP contribution is 2.33. The average molecular weight is 282 g/mol. The molecule has 0 saturated carbocycles. The van der Waals surface area contributed by atoms with Crippen molar-refractivity contribution in [1.29, 1.82) is 0 Å². The second-order valence-electron chi connectivity index (χ2n) is 4.64. The van der Waals surface area contributed by atoms with E-state index < -0.39 is 0 Å². The van der Waals surface area contributed by atoms with E-state index >= 15 is 0 Å². The molecule has 0 radical (unpaired) electrons. The molecule has 0 saturated heterocycles. The first kappa shape index (κ1) is 13.4. The van der Waals surface area contributed by atoms with Gasteiger partial charge < -0.3 is 4.57 Å². The summed E-state index contributed by atoms with van der Waals surface area (Å²) in [6.07, 6.45) is 2.14. The van der Waals surface area contributed by atoms with Gasteiger partial charge in [-0.25, -0.2) is 4.98 Å². The molecule has 0 unspecified atom stereocenters. The highest BCUT2D eigenvalue weighted by Gasteiger charge is 2.19. The molecule has 2 heterocycles. The lowest BCUT2D eigenvalue weighted by atomic mass is 10.1. The number of nitrogens with one attached hydrogen (secondary N) is 1. The zero-order chi connectivity index (χ0) is 13.3. The Kier molecular flexibility index (Phi) is 3.97. The van der Waals surface area contributed by atoms with Crippen LogP contribution in [0.15, 0.2) is 0 Å². The normalized spacial score (nSPS) is 11.4. The predicted molar refractivity (Wildman–Crippen MR) is 77.6 cm³/mol. The van der Waals surface area contributed by atoms with Crippen LogP contribution in [0.1, 0.15) is 43.8 Å². The molecule has 6 heteroatoms. The summed E-state index contributed by atoms with van der Waals surface area (Å²) >= 11 is 6.90. The Labute approximate surface area is 116 Å². The van der Waals surface area contributed by atoms with E-state index in [0.29, 0.717) is 10.7 Å². The number of aryl methyl sites for hydroxylation is 1. The van der Waals surface area contributed by atoms with E-state index in [4.69, 9.17) is 17.2 Å². The summed E-state index contributed by atoms with van der Waals surface area (Å²) in [5, 5.41) is 8.34. The summed E-state index contributed by atoms with van der Waals surface area (Å²) < 4.78 is 2.55. The molecule has 0 aliphatic rings. The highest BCUT2D eigenvalue weighted by molar-refractivity contribution is 7.71. The van der Waals surface area contributed by atoms with Crippen LogP contribution in [-0.2, 0) is 13.5 Å². The predicted octanol–water partition coefficient (Wildman–Crippen LogP) is 3.68. The third kappa shape index (κ3) is 2.40. The van der Waals surface area contributed by atoms with Gasteiger partial charge in [0.2, 0.25) is 0 Å². The fraction of sp³-hybridized carbons (Fsp3) is 0.583. The second-order valence-corrected chi connectivity index (χ2v) is 6.11. The fourth-order valence-electron chi connectivity index (χ4n) is 1.80. The van der Waals surface area contributed by atoms with Crippen LogP contribution >= 0.6 is 23.6 Å². The van der Waals surface area contributed by atoms with Crippen LogP contribution < -0.4 is 0 Å². The summed E-state index contributed by atoms with van der Waals surface area (Å²) in [6, 6.07) is 0. The second kappa shape index (κ2) is 5.32. The van der Waals surface area contributed by atoms with Crippen LogP contribution in [0.25, 0.3) is 10.7 Å². The SMILES string of the molecule is CCCc1nc(C(C)C)c(-c2n[nH]c(=S)n2C)s1. The van der Waals surface area contributed by atoms with Crippen molar-refractivity contribution in [2.75, 3.05) is 0 Å². The molecule has 0 aliphatic carbocycles. The molecule has 4 nitrogen and oxygen atoms in total. The molecular weight excluding hydrogens is 264 g/mol. The third-order valence-corrected chi connectivity index (χ3v) is 4.28. The standard InChI is InChI=1S/C12H18N4S2/c1-5-6-8-13-9(7(2)3)10(18-8)11-14-15-12(17)16(11)4/h7H,5-6H2,1-4H3,(H,15,17). The maximum Gasteiger partial charge on any atom is 0.195 e. The van der Waals surface area contributed by atoms with Gasteiger partial charge >= 0.3 is 0 Å². The monoisotopic (exact) mass is 282 g/mol. The van der Waals surface area contributed by atoms with Crippen LogP contribution in [0.4, 0.5) is 0 Å². The van der Waals surface area contributed by atoms with Crippen molar-refractivity contribution in [1.82, 2.24) is 19.7 Å². The number of rotatable bonds is 4. The maximum atomic E-state index is 5.17. The molecule has 2 aromatic heterocycles. The lowest BCUT2D eigenvalue weighted by Gasteiger charge is -2.04. The smallest absolute Gasteiger partial charge is 0.195 e. The molecule has 0 spiro atoms. The molecule has 2 aromatic rings. The van der Waals surface area contributed by atoms with Gasteiger partial charge in [0.25, 0.3) is 0 Å². The fourth-order valence-corrected chi connectivity index (χ4v) is 3.28. The van der Waals surface area contributed by atoms with E-state index in [9.17, 15) is 0 Å². The Morgan fingerprint density at radius 2 is 2.17 bits per heavy atom. The number of aromatic amines is 1. The minimum absolute atomic E-state index is 0.395. The van der Waals surface area contributed by atoms with Crippen molar-refractivity contribution in [3.8, 4) is 10.7 Å². The van der Waals surface area contributed by atoms with Crippen LogP contribution in [0.5, 0.6) is 0 Å². The number of hydrogen-bond donors (Lipinski definition) is 1. The Hall–Kier alpha value is -1.01. The number of H-pyrrole nitrogens is 1. The van der Waals surface area contributed by atoms with Gasteiger partial charge in [0, 0.05) is 7.05 Å². The topological polar surface area (TPSA) is 46.5 Å². The van der Waals surface area contributed by atoms with Crippen molar-refractivity contribution in [3.63, 3.8) is 0 Å². The molecule has 98 valence electrons. The van der Waals surface area contributed by atoms with Gasteiger partial charge in [0.05, 0.1) is 15.6 Å². The van der Waals surface area contributed by atoms with Gasteiger partial charge in [-0.15, -0.1) is 11.3 Å².